The predicted molar refractivity (Wildman–Crippen MR) is 85.9 cm³/mol. The number of fused-ring (bicyclic) bond motifs is 1. The summed E-state index contributed by atoms with van der Waals surface area (Å²) in [5.74, 6) is 0. The van der Waals surface area contributed by atoms with Gasteiger partial charge in [-0.1, -0.05) is 44.4 Å². The molecule has 2 aromatic rings. The topological polar surface area (TPSA) is 29.9 Å². The van der Waals surface area contributed by atoms with Crippen LogP contribution in [0.25, 0.3) is 10.9 Å². The van der Waals surface area contributed by atoms with Gasteiger partial charge in [0.15, 0.2) is 0 Å². The summed E-state index contributed by atoms with van der Waals surface area (Å²) >= 11 is 0. The number of nitrogens with one attached hydrogen (secondary N) is 1. The van der Waals surface area contributed by atoms with Crippen molar-refractivity contribution in [1.82, 2.24) is 15.1 Å². The second-order valence-electron chi connectivity index (χ2n) is 5.56. The molecule has 0 aliphatic rings. The summed E-state index contributed by atoms with van der Waals surface area (Å²) in [4.78, 5) is 0. The Balaban J connectivity index is 1.99. The molecule has 0 radical (unpaired) electrons. The monoisotopic (exact) mass is 273 g/mol. The van der Waals surface area contributed by atoms with E-state index < -0.39 is 0 Å². The van der Waals surface area contributed by atoms with E-state index in [4.69, 9.17) is 5.10 Å². The van der Waals surface area contributed by atoms with Gasteiger partial charge in [0.2, 0.25) is 0 Å². The summed E-state index contributed by atoms with van der Waals surface area (Å²) in [6, 6.07) is 9.07. The Labute approximate surface area is 122 Å². The highest BCUT2D eigenvalue weighted by molar-refractivity contribution is 5.81. The number of aryl methyl sites for hydroxylation is 1. The molecule has 110 valence electrons. The van der Waals surface area contributed by atoms with Crippen molar-refractivity contribution in [2.45, 2.75) is 65.6 Å². The molecule has 1 aromatic carbocycles. The predicted octanol–water partition coefficient (Wildman–Crippen LogP) is 4.11. The fraction of sp³-hybridized carbons (Fsp3) is 0.588. The van der Waals surface area contributed by atoms with Gasteiger partial charge in [0.05, 0.1) is 11.2 Å². The third-order valence-electron chi connectivity index (χ3n) is 3.89. The first kappa shape index (κ1) is 15.0. The van der Waals surface area contributed by atoms with Gasteiger partial charge in [-0.05, 0) is 26.3 Å². The summed E-state index contributed by atoms with van der Waals surface area (Å²) < 4.78 is 2.09. The van der Waals surface area contributed by atoms with Gasteiger partial charge in [0.1, 0.15) is 0 Å². The van der Waals surface area contributed by atoms with E-state index in [0.29, 0.717) is 6.04 Å². The normalized spacial score (nSPS) is 12.9. The van der Waals surface area contributed by atoms with Crippen molar-refractivity contribution in [3.8, 4) is 0 Å². The molecule has 1 N–H and O–H groups in total. The van der Waals surface area contributed by atoms with Crippen molar-refractivity contribution in [1.29, 1.82) is 0 Å². The zero-order valence-electron chi connectivity index (χ0n) is 13.0. The lowest BCUT2D eigenvalue weighted by Gasteiger charge is -2.12. The number of nitrogens with zero attached hydrogens (tertiary/aromatic N) is 2. The van der Waals surface area contributed by atoms with Crippen LogP contribution in [0.4, 0.5) is 0 Å². The van der Waals surface area contributed by atoms with Crippen LogP contribution in [-0.4, -0.2) is 15.8 Å². The van der Waals surface area contributed by atoms with Crippen molar-refractivity contribution in [2.24, 2.45) is 0 Å². The second-order valence-corrected chi connectivity index (χ2v) is 5.56. The van der Waals surface area contributed by atoms with Crippen molar-refractivity contribution in [3.63, 3.8) is 0 Å². The van der Waals surface area contributed by atoms with Crippen molar-refractivity contribution < 1.29 is 0 Å². The quantitative estimate of drug-likeness (QED) is 0.733. The lowest BCUT2D eigenvalue weighted by molar-refractivity contribution is 0.482. The Hall–Kier alpha value is -1.35. The van der Waals surface area contributed by atoms with Crippen LogP contribution >= 0.6 is 0 Å². The van der Waals surface area contributed by atoms with E-state index in [-0.39, 0.29) is 0 Å². The number of benzene rings is 1. The number of hydrogen-bond donors (Lipinski definition) is 1. The minimum absolute atomic E-state index is 0.562. The van der Waals surface area contributed by atoms with Gasteiger partial charge in [0.25, 0.3) is 0 Å². The minimum atomic E-state index is 0.562. The van der Waals surface area contributed by atoms with Crippen molar-refractivity contribution >= 4 is 10.9 Å². The second kappa shape index (κ2) is 7.44. The van der Waals surface area contributed by atoms with Crippen LogP contribution in [0.1, 0.15) is 52.1 Å². The Morgan fingerprint density at radius 3 is 2.75 bits per heavy atom. The smallest absolute Gasteiger partial charge is 0.0841 e. The molecule has 3 heteroatoms. The molecule has 0 fully saturated rings. The molecule has 0 spiro atoms. The summed E-state index contributed by atoms with van der Waals surface area (Å²) in [6.07, 6.45) is 5.19. The van der Waals surface area contributed by atoms with Crippen LogP contribution in [-0.2, 0) is 13.1 Å². The average molecular weight is 273 g/mol. The summed E-state index contributed by atoms with van der Waals surface area (Å²) in [7, 11) is 0. The van der Waals surface area contributed by atoms with E-state index in [1.54, 1.807) is 0 Å². The van der Waals surface area contributed by atoms with Gasteiger partial charge in [-0.25, -0.2) is 0 Å². The molecule has 3 nitrogen and oxygen atoms in total. The summed E-state index contributed by atoms with van der Waals surface area (Å²) in [6.45, 7) is 8.45. The highest BCUT2D eigenvalue weighted by atomic mass is 15.3. The van der Waals surface area contributed by atoms with E-state index in [1.807, 2.05) is 0 Å². The van der Waals surface area contributed by atoms with Crippen LogP contribution < -0.4 is 5.32 Å². The van der Waals surface area contributed by atoms with Crippen molar-refractivity contribution in [3.05, 3.63) is 30.0 Å². The number of hydrogen-bond acceptors (Lipinski definition) is 2. The fourth-order valence-electron chi connectivity index (χ4n) is 2.64. The molecule has 1 aromatic heterocycles. The van der Waals surface area contributed by atoms with E-state index in [1.165, 1.54) is 42.3 Å². The molecule has 2 rings (SSSR count). The van der Waals surface area contributed by atoms with Gasteiger partial charge in [-0.3, -0.25) is 4.68 Å². The molecule has 0 bridgehead atoms. The molecule has 20 heavy (non-hydrogen) atoms. The van der Waals surface area contributed by atoms with Crippen molar-refractivity contribution in [2.75, 3.05) is 0 Å². The first-order valence-electron chi connectivity index (χ1n) is 7.94. The van der Waals surface area contributed by atoms with Crippen LogP contribution in [0.2, 0.25) is 0 Å². The third kappa shape index (κ3) is 3.60. The van der Waals surface area contributed by atoms with Crippen LogP contribution in [0.3, 0.4) is 0 Å². The molecule has 1 unspecified atom stereocenters. The van der Waals surface area contributed by atoms with Gasteiger partial charge < -0.3 is 5.32 Å². The molecule has 0 saturated heterocycles. The Morgan fingerprint density at radius 1 is 1.20 bits per heavy atom. The van der Waals surface area contributed by atoms with Gasteiger partial charge >= 0.3 is 0 Å². The summed E-state index contributed by atoms with van der Waals surface area (Å²) in [5, 5.41) is 9.62. The molecule has 1 heterocycles. The maximum absolute atomic E-state index is 4.73. The van der Waals surface area contributed by atoms with Gasteiger partial charge in [-0.15, -0.1) is 0 Å². The zero-order chi connectivity index (χ0) is 14.4. The number of para-hydroxylation sites is 1. The lowest BCUT2D eigenvalue weighted by atomic mass is 10.1. The van der Waals surface area contributed by atoms with Gasteiger partial charge in [0, 0.05) is 24.5 Å². The maximum Gasteiger partial charge on any atom is 0.0841 e. The van der Waals surface area contributed by atoms with E-state index in [2.05, 4.69) is 55.0 Å². The Kier molecular flexibility index (Phi) is 5.60. The van der Waals surface area contributed by atoms with E-state index in [9.17, 15) is 0 Å². The largest absolute Gasteiger partial charge is 0.309 e. The summed E-state index contributed by atoms with van der Waals surface area (Å²) in [5.41, 5.74) is 2.41. The molecule has 0 saturated carbocycles. The molecular weight excluding hydrogens is 246 g/mol. The number of aromatic nitrogens is 2. The first-order chi connectivity index (χ1) is 9.76. The first-order valence-corrected chi connectivity index (χ1v) is 7.94. The highest BCUT2D eigenvalue weighted by Crippen LogP contribution is 2.18. The number of unbranched alkanes of at least 4 members (excludes halogenated alkanes) is 2. The molecule has 0 aliphatic heterocycles. The molecular formula is C17H27N3. The van der Waals surface area contributed by atoms with Crippen LogP contribution in [0, 0.1) is 0 Å². The molecule has 0 aliphatic carbocycles. The minimum Gasteiger partial charge on any atom is -0.309 e. The number of rotatable bonds is 8. The third-order valence-corrected chi connectivity index (χ3v) is 3.89. The molecule has 1 atom stereocenters. The molecule has 0 amide bonds. The Morgan fingerprint density at radius 2 is 2.00 bits per heavy atom. The maximum atomic E-state index is 4.73. The lowest BCUT2D eigenvalue weighted by Crippen LogP contribution is -2.25. The van der Waals surface area contributed by atoms with E-state index >= 15 is 0 Å². The zero-order valence-corrected chi connectivity index (χ0v) is 13.0. The van der Waals surface area contributed by atoms with Gasteiger partial charge in [-0.2, -0.15) is 5.10 Å². The SMILES string of the molecule is CCCCCC(C)NCc1nn(CC)c2ccccc12. The highest BCUT2D eigenvalue weighted by Gasteiger charge is 2.09. The fourth-order valence-corrected chi connectivity index (χ4v) is 2.64. The van der Waals surface area contributed by atoms with Crippen LogP contribution in [0.15, 0.2) is 24.3 Å². The standard InChI is InChI=1S/C17H27N3/c1-4-6-7-10-14(3)18-13-16-15-11-8-9-12-17(15)20(5-2)19-16/h8-9,11-12,14,18H,4-7,10,13H2,1-3H3. The Bertz CT molecular complexity index is 530. The van der Waals surface area contributed by atoms with E-state index in [0.717, 1.165) is 13.1 Å². The van der Waals surface area contributed by atoms with Crippen LogP contribution in [0.5, 0.6) is 0 Å². The average Bonchev–Trinajstić information content (AvgIpc) is 2.84.